The minimum Gasteiger partial charge on any atom is -0.490 e. The Morgan fingerprint density at radius 2 is 1.69 bits per heavy atom. The number of hydrogen-bond acceptors (Lipinski definition) is 1. The molecule has 0 aliphatic heterocycles. The average Bonchev–Trinajstić information content (AvgIpc) is 2.19. The smallest absolute Gasteiger partial charge is 0.158 e. The summed E-state index contributed by atoms with van der Waals surface area (Å²) in [6.45, 7) is 4.78. The van der Waals surface area contributed by atoms with Crippen molar-refractivity contribution in [3.8, 4) is 5.75 Å². The van der Waals surface area contributed by atoms with Gasteiger partial charge >= 0.3 is 0 Å². The van der Waals surface area contributed by atoms with Crippen LogP contribution in [0.5, 0.6) is 5.75 Å². The highest BCUT2D eigenvalue weighted by atomic mass is 35.5. The van der Waals surface area contributed by atoms with Crippen molar-refractivity contribution in [2.24, 2.45) is 5.92 Å². The van der Waals surface area contributed by atoms with E-state index >= 15 is 0 Å². The second kappa shape index (κ2) is 6.20. The molecule has 16 heavy (non-hydrogen) atoms. The molecule has 1 aromatic rings. The van der Waals surface area contributed by atoms with Crippen LogP contribution in [0, 0.1) is 5.92 Å². The molecule has 90 valence electrons. The van der Waals surface area contributed by atoms with Crippen molar-refractivity contribution in [3.63, 3.8) is 0 Å². The van der Waals surface area contributed by atoms with Crippen LogP contribution in [0.2, 0.25) is 20.1 Å². The van der Waals surface area contributed by atoms with E-state index < -0.39 is 0 Å². The van der Waals surface area contributed by atoms with Crippen LogP contribution in [0.15, 0.2) is 6.07 Å². The lowest BCUT2D eigenvalue weighted by Crippen LogP contribution is -2.02. The van der Waals surface area contributed by atoms with Crippen molar-refractivity contribution in [3.05, 3.63) is 26.2 Å². The summed E-state index contributed by atoms with van der Waals surface area (Å²) in [7, 11) is 0. The van der Waals surface area contributed by atoms with Crippen LogP contribution in [0.4, 0.5) is 0 Å². The lowest BCUT2D eigenvalue weighted by molar-refractivity contribution is 0.290. The molecule has 0 radical (unpaired) electrons. The molecule has 0 saturated heterocycles. The first-order chi connectivity index (χ1) is 7.43. The highest BCUT2D eigenvalue weighted by Gasteiger charge is 2.14. The van der Waals surface area contributed by atoms with Gasteiger partial charge in [-0.05, 0) is 18.4 Å². The zero-order valence-electron chi connectivity index (χ0n) is 8.99. The van der Waals surface area contributed by atoms with Crippen LogP contribution in [-0.4, -0.2) is 6.61 Å². The zero-order chi connectivity index (χ0) is 12.3. The summed E-state index contributed by atoms with van der Waals surface area (Å²) in [6, 6.07) is 1.53. The molecule has 0 aliphatic carbocycles. The Hall–Kier alpha value is 0.180. The third-order valence-electron chi connectivity index (χ3n) is 2.01. The molecular formula is C11H12Cl4O. The summed E-state index contributed by atoms with van der Waals surface area (Å²) in [6.07, 6.45) is 0.924. The second-order valence-corrected chi connectivity index (χ2v) is 5.40. The Labute approximate surface area is 116 Å². The molecule has 0 bridgehead atoms. The topological polar surface area (TPSA) is 9.23 Å². The van der Waals surface area contributed by atoms with E-state index in [1.807, 2.05) is 0 Å². The Morgan fingerprint density at radius 3 is 2.25 bits per heavy atom. The molecule has 1 rings (SSSR count). The van der Waals surface area contributed by atoms with Gasteiger partial charge in [-0.3, -0.25) is 0 Å². The maximum absolute atomic E-state index is 5.99. The second-order valence-electron chi connectivity index (χ2n) is 3.83. The lowest BCUT2D eigenvalue weighted by Gasteiger charge is -2.12. The first-order valence-corrected chi connectivity index (χ1v) is 6.40. The van der Waals surface area contributed by atoms with E-state index in [0.717, 1.165) is 6.42 Å². The SMILES string of the molecule is CC(C)CCOc1c(Cl)cc(Cl)c(Cl)c1Cl. The molecule has 0 aliphatic rings. The maximum atomic E-state index is 5.99. The highest BCUT2D eigenvalue weighted by Crippen LogP contribution is 2.42. The monoisotopic (exact) mass is 300 g/mol. The normalized spacial score (nSPS) is 10.9. The van der Waals surface area contributed by atoms with Gasteiger partial charge in [0.25, 0.3) is 0 Å². The average molecular weight is 302 g/mol. The van der Waals surface area contributed by atoms with E-state index in [2.05, 4.69) is 13.8 Å². The Bertz CT molecular complexity index is 377. The van der Waals surface area contributed by atoms with Crippen molar-refractivity contribution in [1.82, 2.24) is 0 Å². The third kappa shape index (κ3) is 3.59. The number of benzene rings is 1. The predicted octanol–water partition coefficient (Wildman–Crippen LogP) is 5.73. The van der Waals surface area contributed by atoms with Crippen molar-refractivity contribution in [2.75, 3.05) is 6.61 Å². The van der Waals surface area contributed by atoms with Crippen LogP contribution in [0.3, 0.4) is 0 Å². The molecule has 0 saturated carbocycles. The largest absolute Gasteiger partial charge is 0.490 e. The molecule has 0 spiro atoms. The Kier molecular flexibility index (Phi) is 5.52. The van der Waals surface area contributed by atoms with Gasteiger partial charge in [0, 0.05) is 0 Å². The quantitative estimate of drug-likeness (QED) is 0.510. The summed E-state index contributed by atoms with van der Waals surface area (Å²) >= 11 is 23.7. The van der Waals surface area contributed by atoms with E-state index in [9.17, 15) is 0 Å². The molecule has 0 heterocycles. The summed E-state index contributed by atoms with van der Waals surface area (Å²) in [5.41, 5.74) is 0. The molecule has 1 aromatic carbocycles. The van der Waals surface area contributed by atoms with Gasteiger partial charge in [0.1, 0.15) is 5.02 Å². The Morgan fingerprint density at radius 1 is 1.06 bits per heavy atom. The molecular weight excluding hydrogens is 290 g/mol. The highest BCUT2D eigenvalue weighted by molar-refractivity contribution is 6.50. The van der Waals surface area contributed by atoms with Gasteiger partial charge in [0.05, 0.1) is 21.7 Å². The third-order valence-corrected chi connectivity index (χ3v) is 3.54. The minimum absolute atomic E-state index is 0.267. The number of rotatable bonds is 4. The van der Waals surface area contributed by atoms with Crippen molar-refractivity contribution in [1.29, 1.82) is 0 Å². The predicted molar refractivity (Wildman–Crippen MR) is 71.4 cm³/mol. The number of halogens is 4. The van der Waals surface area contributed by atoms with Crippen molar-refractivity contribution in [2.45, 2.75) is 20.3 Å². The molecule has 0 atom stereocenters. The van der Waals surface area contributed by atoms with Crippen LogP contribution in [0.25, 0.3) is 0 Å². The first-order valence-electron chi connectivity index (χ1n) is 4.89. The summed E-state index contributed by atoms with van der Waals surface area (Å²) in [5.74, 6) is 0.957. The van der Waals surface area contributed by atoms with E-state index in [4.69, 9.17) is 51.1 Å². The van der Waals surface area contributed by atoms with Crippen LogP contribution in [-0.2, 0) is 0 Å². The molecule has 0 amide bonds. The van der Waals surface area contributed by atoms with Gasteiger partial charge in [-0.2, -0.15) is 0 Å². The van der Waals surface area contributed by atoms with E-state index in [1.165, 1.54) is 6.07 Å². The van der Waals surface area contributed by atoms with Crippen LogP contribution >= 0.6 is 46.4 Å². The molecule has 0 unspecified atom stereocenters. The first kappa shape index (κ1) is 14.2. The molecule has 0 aromatic heterocycles. The van der Waals surface area contributed by atoms with Crippen LogP contribution < -0.4 is 4.74 Å². The summed E-state index contributed by atoms with van der Waals surface area (Å²) in [5, 5.41) is 1.24. The van der Waals surface area contributed by atoms with Gasteiger partial charge in [-0.1, -0.05) is 60.3 Å². The Balaban J connectivity index is 2.84. The fourth-order valence-corrected chi connectivity index (χ4v) is 2.09. The van der Waals surface area contributed by atoms with Gasteiger partial charge in [0.15, 0.2) is 5.75 Å². The van der Waals surface area contributed by atoms with Crippen molar-refractivity contribution >= 4 is 46.4 Å². The lowest BCUT2D eigenvalue weighted by atomic mass is 10.1. The van der Waals surface area contributed by atoms with Gasteiger partial charge < -0.3 is 4.74 Å². The van der Waals surface area contributed by atoms with Gasteiger partial charge in [-0.25, -0.2) is 0 Å². The summed E-state index contributed by atoms with van der Waals surface area (Å²) in [4.78, 5) is 0. The molecule has 5 heteroatoms. The molecule has 0 N–H and O–H groups in total. The van der Waals surface area contributed by atoms with E-state index in [1.54, 1.807) is 0 Å². The standard InChI is InChI=1S/C11H12Cl4O/c1-6(2)3-4-16-11-8(13)5-7(12)9(14)10(11)15/h5-6H,3-4H2,1-2H3. The van der Waals surface area contributed by atoms with Gasteiger partial charge in [-0.15, -0.1) is 0 Å². The zero-order valence-corrected chi connectivity index (χ0v) is 12.0. The maximum Gasteiger partial charge on any atom is 0.158 e. The minimum atomic E-state index is 0.267. The summed E-state index contributed by atoms with van der Waals surface area (Å²) < 4.78 is 5.51. The van der Waals surface area contributed by atoms with E-state index in [-0.39, 0.29) is 10.0 Å². The van der Waals surface area contributed by atoms with E-state index in [0.29, 0.717) is 28.3 Å². The number of ether oxygens (including phenoxy) is 1. The molecule has 0 fully saturated rings. The van der Waals surface area contributed by atoms with Crippen molar-refractivity contribution < 1.29 is 4.74 Å². The molecule has 1 nitrogen and oxygen atoms in total. The van der Waals surface area contributed by atoms with Crippen LogP contribution in [0.1, 0.15) is 20.3 Å². The fourth-order valence-electron chi connectivity index (χ4n) is 1.08. The fraction of sp³-hybridized carbons (Fsp3) is 0.455. The van der Waals surface area contributed by atoms with Gasteiger partial charge in [0.2, 0.25) is 0 Å². The number of hydrogen-bond donors (Lipinski definition) is 0.